The second kappa shape index (κ2) is 5.21. The van der Waals surface area contributed by atoms with Crippen LogP contribution in [-0.2, 0) is 11.2 Å². The summed E-state index contributed by atoms with van der Waals surface area (Å²) in [7, 11) is 1.64. The van der Waals surface area contributed by atoms with Crippen molar-refractivity contribution in [3.05, 3.63) is 41.0 Å². The van der Waals surface area contributed by atoms with Gasteiger partial charge >= 0.3 is 5.97 Å². The molecule has 0 unspecified atom stereocenters. The third-order valence-electron chi connectivity index (χ3n) is 3.16. The van der Waals surface area contributed by atoms with Crippen LogP contribution < -0.4 is 4.74 Å². The Bertz CT molecular complexity index is 788. The fourth-order valence-corrected chi connectivity index (χ4v) is 3.18. The highest BCUT2D eigenvalue weighted by atomic mass is 32.1. The van der Waals surface area contributed by atoms with Gasteiger partial charge in [0.25, 0.3) is 0 Å². The minimum absolute atomic E-state index is 0.0249. The summed E-state index contributed by atoms with van der Waals surface area (Å²) in [6.07, 6.45) is 3.73. The summed E-state index contributed by atoms with van der Waals surface area (Å²) < 4.78 is 7.24. The van der Waals surface area contributed by atoms with Crippen molar-refractivity contribution in [2.24, 2.45) is 0 Å². The first kappa shape index (κ1) is 13.6. The second-order valence-electron chi connectivity index (χ2n) is 4.79. The molecule has 0 bridgehead atoms. The summed E-state index contributed by atoms with van der Waals surface area (Å²) in [6.45, 7) is 2.02. The summed E-state index contributed by atoms with van der Waals surface area (Å²) in [5.41, 5.74) is 2.89. The zero-order chi connectivity index (χ0) is 15.0. The standard InChI is InChI=1S/C15H14N2O3S/c1-9-3-4-13(20-2)11(5-9)12-8-17-7-10(6-14(18)19)21-15(17)16-12/h3-5,7-8H,6H2,1-2H3,(H,18,19). The van der Waals surface area contributed by atoms with E-state index in [0.29, 0.717) is 0 Å². The van der Waals surface area contributed by atoms with E-state index in [4.69, 9.17) is 9.84 Å². The quantitative estimate of drug-likeness (QED) is 0.804. The van der Waals surface area contributed by atoms with E-state index in [0.717, 1.165) is 32.4 Å². The lowest BCUT2D eigenvalue weighted by Crippen LogP contribution is -1.97. The molecular weight excluding hydrogens is 288 g/mol. The molecule has 3 aromatic rings. The molecule has 3 rings (SSSR count). The average molecular weight is 302 g/mol. The Hall–Kier alpha value is -2.34. The number of nitrogens with zero attached hydrogens (tertiary/aromatic N) is 2. The zero-order valence-electron chi connectivity index (χ0n) is 11.7. The Morgan fingerprint density at radius 1 is 1.43 bits per heavy atom. The third kappa shape index (κ3) is 2.62. The average Bonchev–Trinajstić information content (AvgIpc) is 2.95. The molecule has 0 aliphatic carbocycles. The van der Waals surface area contributed by atoms with Crippen LogP contribution in [0.25, 0.3) is 16.2 Å². The molecule has 0 aliphatic heterocycles. The van der Waals surface area contributed by atoms with Gasteiger partial charge in [-0.05, 0) is 19.1 Å². The van der Waals surface area contributed by atoms with Gasteiger partial charge in [0.05, 0.1) is 19.2 Å². The fraction of sp³-hybridized carbons (Fsp3) is 0.200. The van der Waals surface area contributed by atoms with Crippen LogP contribution >= 0.6 is 11.3 Å². The molecule has 2 heterocycles. The smallest absolute Gasteiger partial charge is 0.308 e. The molecule has 0 radical (unpaired) electrons. The van der Waals surface area contributed by atoms with E-state index < -0.39 is 5.97 Å². The number of methoxy groups -OCH3 is 1. The molecule has 0 spiro atoms. The number of thiazole rings is 1. The van der Waals surface area contributed by atoms with Gasteiger partial charge in [0.2, 0.25) is 0 Å². The number of carbonyl (C=O) groups is 1. The van der Waals surface area contributed by atoms with Crippen LogP contribution in [0.3, 0.4) is 0 Å². The summed E-state index contributed by atoms with van der Waals surface area (Å²) in [5.74, 6) is -0.0582. The van der Waals surface area contributed by atoms with Crippen LogP contribution in [0.15, 0.2) is 30.6 Å². The Labute approximate surface area is 125 Å². The first-order chi connectivity index (χ1) is 10.1. The number of benzene rings is 1. The largest absolute Gasteiger partial charge is 0.496 e. The van der Waals surface area contributed by atoms with Crippen molar-refractivity contribution in [3.8, 4) is 17.0 Å². The van der Waals surface area contributed by atoms with Crippen LogP contribution in [0.5, 0.6) is 5.75 Å². The van der Waals surface area contributed by atoms with Crippen molar-refractivity contribution in [1.29, 1.82) is 0 Å². The van der Waals surface area contributed by atoms with Crippen molar-refractivity contribution in [2.45, 2.75) is 13.3 Å². The number of carboxylic acid groups (broad SMARTS) is 1. The maximum Gasteiger partial charge on any atom is 0.308 e. The van der Waals surface area contributed by atoms with Gasteiger partial charge in [0.15, 0.2) is 4.96 Å². The maximum absolute atomic E-state index is 10.7. The van der Waals surface area contributed by atoms with Crippen LogP contribution in [0.1, 0.15) is 10.4 Å². The van der Waals surface area contributed by atoms with Crippen molar-refractivity contribution in [3.63, 3.8) is 0 Å². The second-order valence-corrected chi connectivity index (χ2v) is 5.88. The van der Waals surface area contributed by atoms with Gasteiger partial charge in [-0.2, -0.15) is 0 Å². The van der Waals surface area contributed by atoms with Crippen molar-refractivity contribution in [2.75, 3.05) is 7.11 Å². The van der Waals surface area contributed by atoms with E-state index in [1.54, 1.807) is 7.11 Å². The van der Waals surface area contributed by atoms with Crippen LogP contribution in [0.4, 0.5) is 0 Å². The Balaban J connectivity index is 2.03. The van der Waals surface area contributed by atoms with E-state index in [2.05, 4.69) is 4.98 Å². The Kier molecular flexibility index (Phi) is 3.39. The predicted molar refractivity (Wildman–Crippen MR) is 81.1 cm³/mol. The van der Waals surface area contributed by atoms with Gasteiger partial charge in [0.1, 0.15) is 5.75 Å². The molecule has 5 nitrogen and oxygen atoms in total. The van der Waals surface area contributed by atoms with Gasteiger partial charge in [-0.1, -0.05) is 11.6 Å². The predicted octanol–water partition coefficient (Wildman–Crippen LogP) is 3.01. The number of ether oxygens (including phenoxy) is 1. The van der Waals surface area contributed by atoms with Crippen molar-refractivity contribution >= 4 is 22.3 Å². The Morgan fingerprint density at radius 2 is 2.24 bits per heavy atom. The van der Waals surface area contributed by atoms with Gasteiger partial charge in [0, 0.05) is 22.8 Å². The highest BCUT2D eigenvalue weighted by molar-refractivity contribution is 7.17. The minimum atomic E-state index is -0.833. The molecule has 6 heteroatoms. The van der Waals surface area contributed by atoms with E-state index in [1.807, 2.05) is 41.9 Å². The number of rotatable bonds is 4. The molecule has 0 fully saturated rings. The van der Waals surface area contributed by atoms with Crippen LogP contribution in [0.2, 0.25) is 0 Å². The zero-order valence-corrected chi connectivity index (χ0v) is 12.5. The van der Waals surface area contributed by atoms with Crippen molar-refractivity contribution in [1.82, 2.24) is 9.38 Å². The molecule has 21 heavy (non-hydrogen) atoms. The summed E-state index contributed by atoms with van der Waals surface area (Å²) in [6, 6.07) is 5.95. The lowest BCUT2D eigenvalue weighted by atomic mass is 10.1. The molecule has 0 atom stereocenters. The number of fused-ring (bicyclic) bond motifs is 1. The molecule has 1 N–H and O–H groups in total. The molecule has 108 valence electrons. The molecular formula is C15H14N2O3S. The lowest BCUT2D eigenvalue weighted by Gasteiger charge is -2.06. The van der Waals surface area contributed by atoms with Crippen LogP contribution in [-0.4, -0.2) is 27.6 Å². The first-order valence-electron chi connectivity index (χ1n) is 6.41. The SMILES string of the molecule is COc1ccc(C)cc1-c1cn2cc(CC(=O)O)sc2n1. The summed E-state index contributed by atoms with van der Waals surface area (Å²) in [5, 5.41) is 8.82. The highest BCUT2D eigenvalue weighted by Gasteiger charge is 2.13. The maximum atomic E-state index is 10.7. The topological polar surface area (TPSA) is 63.8 Å². The van der Waals surface area contributed by atoms with Gasteiger partial charge in [-0.15, -0.1) is 11.3 Å². The number of hydrogen-bond donors (Lipinski definition) is 1. The number of imidazole rings is 1. The third-order valence-corrected chi connectivity index (χ3v) is 4.16. The van der Waals surface area contributed by atoms with E-state index in [9.17, 15) is 4.79 Å². The van der Waals surface area contributed by atoms with Gasteiger partial charge in [-0.3, -0.25) is 9.20 Å². The number of carboxylic acids is 1. The summed E-state index contributed by atoms with van der Waals surface area (Å²) in [4.78, 5) is 16.9. The number of aliphatic carboxylic acids is 1. The number of hydrogen-bond acceptors (Lipinski definition) is 4. The number of aromatic nitrogens is 2. The fourth-order valence-electron chi connectivity index (χ4n) is 2.23. The molecule has 1 aromatic carbocycles. The highest BCUT2D eigenvalue weighted by Crippen LogP contribution is 2.31. The first-order valence-corrected chi connectivity index (χ1v) is 7.22. The van der Waals surface area contributed by atoms with Crippen LogP contribution in [0, 0.1) is 6.92 Å². The molecule has 0 saturated heterocycles. The van der Waals surface area contributed by atoms with Crippen molar-refractivity contribution < 1.29 is 14.6 Å². The monoisotopic (exact) mass is 302 g/mol. The molecule has 0 saturated carbocycles. The number of aryl methyl sites for hydroxylation is 1. The normalized spacial score (nSPS) is 11.0. The van der Waals surface area contributed by atoms with Gasteiger partial charge < -0.3 is 9.84 Å². The summed E-state index contributed by atoms with van der Waals surface area (Å²) >= 11 is 1.39. The van der Waals surface area contributed by atoms with E-state index in [1.165, 1.54) is 11.3 Å². The lowest BCUT2D eigenvalue weighted by molar-refractivity contribution is -0.136. The molecule has 2 aromatic heterocycles. The Morgan fingerprint density at radius 3 is 2.90 bits per heavy atom. The molecule has 0 amide bonds. The van der Waals surface area contributed by atoms with Gasteiger partial charge in [-0.25, -0.2) is 4.98 Å². The van der Waals surface area contributed by atoms with E-state index >= 15 is 0 Å². The van der Waals surface area contributed by atoms with E-state index in [-0.39, 0.29) is 6.42 Å². The molecule has 0 aliphatic rings. The minimum Gasteiger partial charge on any atom is -0.496 e.